The number of rotatable bonds is 5. The van der Waals surface area contributed by atoms with Crippen molar-refractivity contribution in [2.45, 2.75) is 31.7 Å². The third-order valence-electron chi connectivity index (χ3n) is 4.26. The molecule has 4 heteroatoms. The summed E-state index contributed by atoms with van der Waals surface area (Å²) in [6, 6.07) is 17.5. The van der Waals surface area contributed by atoms with E-state index in [1.165, 1.54) is 11.1 Å². The summed E-state index contributed by atoms with van der Waals surface area (Å²) in [6.45, 7) is -0.232. The largest absolute Gasteiger partial charge is 0.455 e. The first-order valence-corrected chi connectivity index (χ1v) is 8.29. The Morgan fingerprint density at radius 3 is 2.62 bits per heavy atom. The first kappa shape index (κ1) is 16.2. The van der Waals surface area contributed by atoms with Crippen LogP contribution in [0.1, 0.15) is 35.6 Å². The number of carbonyl (C=O) groups excluding carboxylic acids is 2. The normalized spacial score (nSPS) is 16.1. The topological polar surface area (TPSA) is 55.4 Å². The van der Waals surface area contributed by atoms with Crippen LogP contribution < -0.4 is 5.32 Å². The number of carbonyl (C=O) groups is 2. The van der Waals surface area contributed by atoms with Crippen molar-refractivity contribution >= 4 is 11.9 Å². The van der Waals surface area contributed by atoms with Gasteiger partial charge in [-0.2, -0.15) is 0 Å². The molecule has 0 fully saturated rings. The molecular weight excluding hydrogens is 302 g/mol. The average molecular weight is 323 g/mol. The Morgan fingerprint density at radius 1 is 1.04 bits per heavy atom. The molecule has 124 valence electrons. The zero-order valence-corrected chi connectivity index (χ0v) is 13.5. The van der Waals surface area contributed by atoms with Crippen molar-refractivity contribution in [2.24, 2.45) is 0 Å². The molecule has 2 aromatic rings. The molecule has 0 aliphatic heterocycles. The maximum atomic E-state index is 12.1. The molecule has 1 aliphatic carbocycles. The molecule has 0 heterocycles. The minimum absolute atomic E-state index is 0.00951. The van der Waals surface area contributed by atoms with E-state index in [2.05, 4.69) is 17.4 Å². The highest BCUT2D eigenvalue weighted by molar-refractivity contribution is 5.81. The lowest BCUT2D eigenvalue weighted by Gasteiger charge is -2.26. The van der Waals surface area contributed by atoms with Crippen LogP contribution in [0.4, 0.5) is 0 Å². The number of fused-ring (bicyclic) bond motifs is 1. The first-order chi connectivity index (χ1) is 11.7. The number of esters is 1. The van der Waals surface area contributed by atoms with Gasteiger partial charge in [0.25, 0.3) is 5.91 Å². The molecule has 1 N–H and O–H groups in total. The second-order valence-electron chi connectivity index (χ2n) is 6.03. The van der Waals surface area contributed by atoms with Gasteiger partial charge in [0.15, 0.2) is 6.61 Å². The van der Waals surface area contributed by atoms with Gasteiger partial charge in [-0.1, -0.05) is 54.6 Å². The highest BCUT2D eigenvalue weighted by atomic mass is 16.5. The monoisotopic (exact) mass is 323 g/mol. The molecule has 0 unspecified atom stereocenters. The molecule has 1 amide bonds. The minimum atomic E-state index is -0.389. The number of hydrogen-bond acceptors (Lipinski definition) is 3. The standard InChI is InChI=1S/C20H21NO3/c22-19(14-24-20(23)13-15-7-2-1-3-8-15)21-18-12-6-10-16-9-4-5-11-17(16)18/h1-5,7-9,11,18H,6,10,12-14H2,(H,21,22)/t18-/m0/s1. The van der Waals surface area contributed by atoms with Gasteiger partial charge in [-0.25, -0.2) is 0 Å². The van der Waals surface area contributed by atoms with Crippen LogP contribution in [0.3, 0.4) is 0 Å². The van der Waals surface area contributed by atoms with Gasteiger partial charge in [0.2, 0.25) is 0 Å². The number of benzene rings is 2. The maximum Gasteiger partial charge on any atom is 0.310 e. The SMILES string of the molecule is O=C(COC(=O)Cc1ccccc1)N[C@H]1CCCc2ccccc21. The van der Waals surface area contributed by atoms with Crippen LogP contribution in [0.15, 0.2) is 54.6 Å². The van der Waals surface area contributed by atoms with E-state index in [4.69, 9.17) is 4.74 Å². The van der Waals surface area contributed by atoms with Crippen LogP contribution in [0.5, 0.6) is 0 Å². The molecule has 0 aromatic heterocycles. The molecular formula is C20H21NO3. The van der Waals surface area contributed by atoms with Gasteiger partial charge in [0.1, 0.15) is 0 Å². The third kappa shape index (κ3) is 4.22. The fourth-order valence-electron chi connectivity index (χ4n) is 3.10. The summed E-state index contributed by atoms with van der Waals surface area (Å²) < 4.78 is 5.09. The van der Waals surface area contributed by atoms with Crippen LogP contribution in [0, 0.1) is 0 Å². The zero-order valence-electron chi connectivity index (χ0n) is 13.5. The van der Waals surface area contributed by atoms with Gasteiger partial charge in [-0.05, 0) is 36.0 Å². The van der Waals surface area contributed by atoms with Crippen molar-refractivity contribution in [3.63, 3.8) is 0 Å². The van der Waals surface area contributed by atoms with Crippen molar-refractivity contribution in [3.05, 3.63) is 71.3 Å². The Bertz CT molecular complexity index is 712. The maximum absolute atomic E-state index is 12.1. The average Bonchev–Trinajstić information content (AvgIpc) is 2.61. The van der Waals surface area contributed by atoms with Crippen LogP contribution in [-0.2, 0) is 27.2 Å². The molecule has 0 radical (unpaired) electrons. The van der Waals surface area contributed by atoms with Gasteiger partial charge < -0.3 is 10.1 Å². The lowest BCUT2D eigenvalue weighted by molar-refractivity contribution is -0.148. The fourth-order valence-corrected chi connectivity index (χ4v) is 3.10. The van der Waals surface area contributed by atoms with Crippen LogP contribution in [0.2, 0.25) is 0 Å². The quantitative estimate of drug-likeness (QED) is 0.861. The van der Waals surface area contributed by atoms with Crippen molar-refractivity contribution < 1.29 is 14.3 Å². The van der Waals surface area contributed by atoms with Crippen molar-refractivity contribution in [3.8, 4) is 0 Å². The number of hydrogen-bond donors (Lipinski definition) is 1. The molecule has 0 saturated carbocycles. The lowest BCUT2D eigenvalue weighted by Crippen LogP contribution is -2.34. The smallest absolute Gasteiger partial charge is 0.310 e. The van der Waals surface area contributed by atoms with E-state index in [-0.39, 0.29) is 30.9 Å². The summed E-state index contributed by atoms with van der Waals surface area (Å²) in [5.41, 5.74) is 3.34. The van der Waals surface area contributed by atoms with Gasteiger partial charge in [-0.15, -0.1) is 0 Å². The van der Waals surface area contributed by atoms with Crippen LogP contribution in [-0.4, -0.2) is 18.5 Å². The predicted octanol–water partition coefficient (Wildman–Crippen LogP) is 2.97. The Kier molecular flexibility index (Phi) is 5.26. The van der Waals surface area contributed by atoms with Crippen LogP contribution in [0.25, 0.3) is 0 Å². The van der Waals surface area contributed by atoms with E-state index in [0.717, 1.165) is 24.8 Å². The molecule has 2 aromatic carbocycles. The summed E-state index contributed by atoms with van der Waals surface area (Å²) >= 11 is 0. The Labute approximate surface area is 141 Å². The van der Waals surface area contributed by atoms with Gasteiger partial charge in [-0.3, -0.25) is 9.59 Å². The second-order valence-corrected chi connectivity index (χ2v) is 6.03. The summed E-state index contributed by atoms with van der Waals surface area (Å²) in [5, 5.41) is 2.98. The Morgan fingerprint density at radius 2 is 1.79 bits per heavy atom. The van der Waals surface area contributed by atoms with Crippen molar-refractivity contribution in [2.75, 3.05) is 6.61 Å². The van der Waals surface area contributed by atoms with E-state index < -0.39 is 0 Å². The van der Waals surface area contributed by atoms with E-state index in [1.807, 2.05) is 42.5 Å². The second kappa shape index (κ2) is 7.77. The van der Waals surface area contributed by atoms with E-state index in [1.54, 1.807) is 0 Å². The Hall–Kier alpha value is -2.62. The van der Waals surface area contributed by atoms with Crippen molar-refractivity contribution in [1.29, 1.82) is 0 Å². The number of ether oxygens (including phenoxy) is 1. The summed E-state index contributed by atoms with van der Waals surface area (Å²) in [4.78, 5) is 23.9. The third-order valence-corrected chi connectivity index (χ3v) is 4.26. The molecule has 0 spiro atoms. The van der Waals surface area contributed by atoms with E-state index in [9.17, 15) is 9.59 Å². The summed E-state index contributed by atoms with van der Waals surface area (Å²) in [6.07, 6.45) is 3.20. The van der Waals surface area contributed by atoms with Crippen molar-refractivity contribution in [1.82, 2.24) is 5.32 Å². The molecule has 24 heavy (non-hydrogen) atoms. The van der Waals surface area contributed by atoms with E-state index >= 15 is 0 Å². The highest BCUT2D eigenvalue weighted by Crippen LogP contribution is 2.29. The highest BCUT2D eigenvalue weighted by Gasteiger charge is 2.21. The molecule has 0 bridgehead atoms. The van der Waals surface area contributed by atoms with Gasteiger partial charge in [0.05, 0.1) is 12.5 Å². The molecule has 3 rings (SSSR count). The molecule has 1 atom stereocenters. The van der Waals surface area contributed by atoms with E-state index in [0.29, 0.717) is 0 Å². The fraction of sp³-hybridized carbons (Fsp3) is 0.300. The van der Waals surface area contributed by atoms with Gasteiger partial charge in [0, 0.05) is 0 Å². The predicted molar refractivity (Wildman–Crippen MR) is 91.4 cm³/mol. The number of amides is 1. The van der Waals surface area contributed by atoms with Gasteiger partial charge >= 0.3 is 5.97 Å². The molecule has 0 saturated heterocycles. The summed E-state index contributed by atoms with van der Waals surface area (Å²) in [7, 11) is 0. The Balaban J connectivity index is 1.49. The molecule has 1 aliphatic rings. The number of nitrogens with one attached hydrogen (secondary N) is 1. The summed E-state index contributed by atoms with van der Waals surface area (Å²) in [5.74, 6) is -0.640. The lowest BCUT2D eigenvalue weighted by atomic mass is 9.88. The molecule has 4 nitrogen and oxygen atoms in total. The van der Waals surface area contributed by atoms with Crippen LogP contribution >= 0.6 is 0 Å². The first-order valence-electron chi connectivity index (χ1n) is 8.29. The zero-order chi connectivity index (χ0) is 16.8. The minimum Gasteiger partial charge on any atom is -0.455 e. The number of aryl methyl sites for hydroxylation is 1.